The molecular weight excluding hydrogens is 372 g/mol. The average Bonchev–Trinajstić information content (AvgIpc) is 2.41. The van der Waals surface area contributed by atoms with E-state index in [-0.39, 0.29) is 24.7 Å². The van der Waals surface area contributed by atoms with E-state index >= 15 is 0 Å². The first kappa shape index (κ1) is 14.8. The van der Waals surface area contributed by atoms with Gasteiger partial charge in [0.1, 0.15) is 0 Å². The molecular formula is C15H13FINO2. The highest BCUT2D eigenvalue weighted by atomic mass is 127. The number of halogens is 2. The minimum absolute atomic E-state index is 0.136. The summed E-state index contributed by atoms with van der Waals surface area (Å²) in [6.07, 6.45) is 0.166. The first-order chi connectivity index (χ1) is 9.65. The van der Waals surface area contributed by atoms with Crippen molar-refractivity contribution in [2.24, 2.45) is 0 Å². The number of ether oxygens (including phenoxy) is 1. The SMILES string of the molecule is O=C(CCOc1ccccc1F)Nc1cccc(I)c1. The van der Waals surface area contributed by atoms with Crippen LogP contribution in [0.1, 0.15) is 6.42 Å². The fraction of sp³-hybridized carbons (Fsp3) is 0.133. The lowest BCUT2D eigenvalue weighted by Crippen LogP contribution is -2.15. The number of benzene rings is 2. The maximum Gasteiger partial charge on any atom is 0.227 e. The average molecular weight is 385 g/mol. The van der Waals surface area contributed by atoms with Gasteiger partial charge in [-0.05, 0) is 52.9 Å². The molecule has 0 heterocycles. The Morgan fingerprint density at radius 3 is 2.75 bits per heavy atom. The van der Waals surface area contributed by atoms with Gasteiger partial charge < -0.3 is 10.1 Å². The largest absolute Gasteiger partial charge is 0.490 e. The summed E-state index contributed by atoms with van der Waals surface area (Å²) < 4.78 is 19.6. The van der Waals surface area contributed by atoms with E-state index in [9.17, 15) is 9.18 Å². The molecule has 0 aliphatic carbocycles. The van der Waals surface area contributed by atoms with Gasteiger partial charge in [0.15, 0.2) is 11.6 Å². The van der Waals surface area contributed by atoms with Crippen LogP contribution in [0.4, 0.5) is 10.1 Å². The molecule has 2 aromatic carbocycles. The van der Waals surface area contributed by atoms with Crippen LogP contribution in [0, 0.1) is 9.39 Å². The zero-order valence-electron chi connectivity index (χ0n) is 10.6. The molecule has 2 rings (SSSR count). The van der Waals surface area contributed by atoms with Gasteiger partial charge in [-0.15, -0.1) is 0 Å². The Morgan fingerprint density at radius 2 is 2.00 bits per heavy atom. The summed E-state index contributed by atoms with van der Waals surface area (Å²) in [6.45, 7) is 0.136. The Morgan fingerprint density at radius 1 is 1.20 bits per heavy atom. The third-order valence-electron chi connectivity index (χ3n) is 2.53. The van der Waals surface area contributed by atoms with E-state index in [1.807, 2.05) is 24.3 Å². The molecule has 0 atom stereocenters. The zero-order valence-corrected chi connectivity index (χ0v) is 12.8. The lowest BCUT2D eigenvalue weighted by Gasteiger charge is -2.08. The third-order valence-corrected chi connectivity index (χ3v) is 3.20. The van der Waals surface area contributed by atoms with Crippen molar-refractivity contribution in [1.29, 1.82) is 0 Å². The number of carbonyl (C=O) groups excluding carboxylic acids is 1. The molecule has 3 nitrogen and oxygen atoms in total. The number of anilines is 1. The van der Waals surface area contributed by atoms with E-state index in [4.69, 9.17) is 4.74 Å². The van der Waals surface area contributed by atoms with Crippen LogP contribution in [0.25, 0.3) is 0 Å². The van der Waals surface area contributed by atoms with Crippen LogP contribution in [-0.4, -0.2) is 12.5 Å². The van der Waals surface area contributed by atoms with Crippen molar-refractivity contribution in [3.05, 3.63) is 57.9 Å². The summed E-state index contributed by atoms with van der Waals surface area (Å²) in [5.74, 6) is -0.427. The van der Waals surface area contributed by atoms with Crippen molar-refractivity contribution in [3.63, 3.8) is 0 Å². The molecule has 0 saturated carbocycles. The first-order valence-corrected chi connectivity index (χ1v) is 7.16. The van der Waals surface area contributed by atoms with Gasteiger partial charge in [-0.3, -0.25) is 4.79 Å². The van der Waals surface area contributed by atoms with Crippen molar-refractivity contribution >= 4 is 34.2 Å². The molecule has 104 valence electrons. The van der Waals surface area contributed by atoms with Gasteiger partial charge in [-0.1, -0.05) is 18.2 Å². The normalized spacial score (nSPS) is 10.1. The van der Waals surface area contributed by atoms with Gasteiger partial charge in [0.2, 0.25) is 5.91 Å². The van der Waals surface area contributed by atoms with Crippen LogP contribution < -0.4 is 10.1 Å². The smallest absolute Gasteiger partial charge is 0.227 e. The molecule has 0 radical (unpaired) electrons. The van der Waals surface area contributed by atoms with Crippen molar-refractivity contribution in [2.45, 2.75) is 6.42 Å². The van der Waals surface area contributed by atoms with E-state index in [1.165, 1.54) is 12.1 Å². The molecule has 2 aromatic rings. The van der Waals surface area contributed by atoms with Crippen LogP contribution in [0.15, 0.2) is 48.5 Å². The van der Waals surface area contributed by atoms with Gasteiger partial charge in [-0.2, -0.15) is 0 Å². The Balaban J connectivity index is 1.80. The predicted molar refractivity (Wildman–Crippen MR) is 84.3 cm³/mol. The molecule has 0 bridgehead atoms. The molecule has 1 N–H and O–H groups in total. The molecule has 0 saturated heterocycles. The Labute approximate surface area is 130 Å². The molecule has 0 aromatic heterocycles. The molecule has 20 heavy (non-hydrogen) atoms. The monoisotopic (exact) mass is 385 g/mol. The van der Waals surface area contributed by atoms with Crippen LogP contribution in [0.2, 0.25) is 0 Å². The van der Waals surface area contributed by atoms with Crippen LogP contribution >= 0.6 is 22.6 Å². The summed E-state index contributed by atoms with van der Waals surface area (Å²) in [4.78, 5) is 11.7. The second-order valence-corrected chi connectivity index (χ2v) is 5.33. The zero-order chi connectivity index (χ0) is 14.4. The summed E-state index contributed by atoms with van der Waals surface area (Å²) in [6, 6.07) is 13.6. The fourth-order valence-electron chi connectivity index (χ4n) is 1.61. The molecule has 1 amide bonds. The van der Waals surface area contributed by atoms with Crippen molar-refractivity contribution in [2.75, 3.05) is 11.9 Å². The standard InChI is InChI=1S/C15H13FINO2/c16-13-6-1-2-7-14(13)20-9-8-15(19)18-12-5-3-4-11(17)10-12/h1-7,10H,8-9H2,(H,18,19). The first-order valence-electron chi connectivity index (χ1n) is 6.08. The number of hydrogen-bond donors (Lipinski definition) is 1. The summed E-state index contributed by atoms with van der Waals surface area (Å²) in [5.41, 5.74) is 0.743. The summed E-state index contributed by atoms with van der Waals surface area (Å²) in [7, 11) is 0. The van der Waals surface area contributed by atoms with Gasteiger partial charge in [-0.25, -0.2) is 4.39 Å². The number of para-hydroxylation sites is 1. The van der Waals surface area contributed by atoms with Crippen molar-refractivity contribution < 1.29 is 13.9 Å². The number of rotatable bonds is 5. The second kappa shape index (κ2) is 7.23. The summed E-state index contributed by atoms with van der Waals surface area (Å²) in [5, 5.41) is 2.77. The van der Waals surface area contributed by atoms with Gasteiger partial charge in [0.05, 0.1) is 13.0 Å². The molecule has 0 fully saturated rings. The van der Waals surface area contributed by atoms with Crippen LogP contribution in [-0.2, 0) is 4.79 Å². The lowest BCUT2D eigenvalue weighted by molar-refractivity contribution is -0.116. The highest BCUT2D eigenvalue weighted by Crippen LogP contribution is 2.16. The number of carbonyl (C=O) groups is 1. The number of nitrogens with one attached hydrogen (secondary N) is 1. The highest BCUT2D eigenvalue weighted by Gasteiger charge is 2.05. The van der Waals surface area contributed by atoms with Gasteiger partial charge >= 0.3 is 0 Å². The Kier molecular flexibility index (Phi) is 5.34. The highest BCUT2D eigenvalue weighted by molar-refractivity contribution is 14.1. The number of amides is 1. The van der Waals surface area contributed by atoms with Crippen LogP contribution in [0.5, 0.6) is 5.75 Å². The van der Waals surface area contributed by atoms with Crippen LogP contribution in [0.3, 0.4) is 0 Å². The molecule has 5 heteroatoms. The minimum Gasteiger partial charge on any atom is -0.490 e. The predicted octanol–water partition coefficient (Wildman–Crippen LogP) is 3.84. The molecule has 0 unspecified atom stereocenters. The van der Waals surface area contributed by atoms with E-state index < -0.39 is 5.82 Å². The van der Waals surface area contributed by atoms with Crippen molar-refractivity contribution in [3.8, 4) is 5.75 Å². The molecule has 0 aliphatic heterocycles. The molecule has 0 spiro atoms. The lowest BCUT2D eigenvalue weighted by atomic mass is 10.3. The quantitative estimate of drug-likeness (QED) is 0.795. The van der Waals surface area contributed by atoms with E-state index in [0.717, 1.165) is 9.26 Å². The van der Waals surface area contributed by atoms with Crippen molar-refractivity contribution in [1.82, 2.24) is 0 Å². The van der Waals surface area contributed by atoms with Gasteiger partial charge in [0.25, 0.3) is 0 Å². The van der Waals surface area contributed by atoms with E-state index in [1.54, 1.807) is 12.1 Å². The van der Waals surface area contributed by atoms with Gasteiger partial charge in [0, 0.05) is 9.26 Å². The maximum atomic E-state index is 13.3. The summed E-state index contributed by atoms with van der Waals surface area (Å²) >= 11 is 2.17. The Bertz CT molecular complexity index is 604. The van der Waals surface area contributed by atoms with E-state index in [0.29, 0.717) is 0 Å². The number of hydrogen-bond acceptors (Lipinski definition) is 2. The third kappa shape index (κ3) is 4.48. The fourth-order valence-corrected chi connectivity index (χ4v) is 2.15. The Hall–Kier alpha value is -1.63. The van der Waals surface area contributed by atoms with E-state index in [2.05, 4.69) is 27.9 Å². The second-order valence-electron chi connectivity index (χ2n) is 4.09. The molecule has 0 aliphatic rings. The maximum absolute atomic E-state index is 13.3. The topological polar surface area (TPSA) is 38.3 Å². The minimum atomic E-state index is -0.425.